The van der Waals surface area contributed by atoms with Gasteiger partial charge < -0.3 is 19.5 Å². The van der Waals surface area contributed by atoms with E-state index < -0.39 is 0 Å². The fraction of sp³-hybridized carbons (Fsp3) is 0.269. The van der Waals surface area contributed by atoms with Gasteiger partial charge in [-0.25, -0.2) is 4.98 Å². The monoisotopic (exact) mass is 475 g/mol. The van der Waals surface area contributed by atoms with Crippen molar-refractivity contribution >= 4 is 45.1 Å². The molecule has 1 aliphatic rings. The third-order valence-electron chi connectivity index (χ3n) is 6.41. The van der Waals surface area contributed by atoms with E-state index in [9.17, 15) is 4.79 Å². The number of pyridine rings is 1. The third kappa shape index (κ3) is 3.76. The molecular formula is C26H26ClN5O2. The molecule has 8 heteroatoms. The Balaban J connectivity index is 1.59. The molecule has 34 heavy (non-hydrogen) atoms. The first-order valence-electron chi connectivity index (χ1n) is 11.4. The van der Waals surface area contributed by atoms with Crippen molar-refractivity contribution in [2.75, 3.05) is 37.7 Å². The van der Waals surface area contributed by atoms with Crippen LogP contribution in [0.1, 0.15) is 12.5 Å². The number of nitrogens with zero attached hydrogens (tertiary/aromatic N) is 4. The molecule has 0 aliphatic carbocycles. The van der Waals surface area contributed by atoms with Crippen LogP contribution in [-0.4, -0.2) is 58.5 Å². The zero-order valence-electron chi connectivity index (χ0n) is 19.3. The van der Waals surface area contributed by atoms with Gasteiger partial charge in [-0.05, 0) is 43.7 Å². The van der Waals surface area contributed by atoms with E-state index in [0.717, 1.165) is 56.6 Å². The Labute approximate surface area is 203 Å². The van der Waals surface area contributed by atoms with E-state index in [2.05, 4.69) is 34.4 Å². The first-order valence-corrected chi connectivity index (χ1v) is 11.7. The molecule has 0 atom stereocenters. The maximum Gasteiger partial charge on any atom is 0.246 e. The summed E-state index contributed by atoms with van der Waals surface area (Å²) in [6, 6.07) is 8.09. The quantitative estimate of drug-likeness (QED) is 0.398. The first-order chi connectivity index (χ1) is 16.5. The van der Waals surface area contributed by atoms with E-state index in [1.54, 1.807) is 17.4 Å². The Morgan fingerprint density at radius 3 is 3.00 bits per heavy atom. The molecule has 1 amide bonds. The second kappa shape index (κ2) is 8.99. The number of carbonyl (C=O) groups excluding carboxylic acids is 1. The van der Waals surface area contributed by atoms with Gasteiger partial charge in [-0.3, -0.25) is 9.78 Å². The fourth-order valence-corrected chi connectivity index (χ4v) is 4.91. The second-order valence-electron chi connectivity index (χ2n) is 8.33. The van der Waals surface area contributed by atoms with Crippen LogP contribution in [0, 0.1) is 6.92 Å². The van der Waals surface area contributed by atoms with Crippen LogP contribution in [0.5, 0.6) is 5.75 Å². The zero-order chi connectivity index (χ0) is 23.8. The number of rotatable bonds is 6. The van der Waals surface area contributed by atoms with Gasteiger partial charge in [-0.15, -0.1) is 0 Å². The number of imidazole rings is 1. The molecule has 7 nitrogen and oxygen atoms in total. The highest BCUT2D eigenvalue weighted by molar-refractivity contribution is 6.35. The molecule has 2 aromatic heterocycles. The van der Waals surface area contributed by atoms with Crippen molar-refractivity contribution in [1.29, 1.82) is 0 Å². The van der Waals surface area contributed by atoms with Crippen molar-refractivity contribution in [1.82, 2.24) is 19.9 Å². The first kappa shape index (κ1) is 22.2. The molecule has 174 valence electrons. The van der Waals surface area contributed by atoms with Gasteiger partial charge in [0, 0.05) is 41.2 Å². The Morgan fingerprint density at radius 1 is 1.35 bits per heavy atom. The number of hydrogen-bond donors (Lipinski definition) is 1. The number of benzene rings is 2. The lowest BCUT2D eigenvalue weighted by Crippen LogP contribution is -2.41. The van der Waals surface area contributed by atoms with Gasteiger partial charge in [0.05, 0.1) is 41.3 Å². The molecule has 0 fully saturated rings. The number of fused-ring (bicyclic) bond motifs is 4. The van der Waals surface area contributed by atoms with Crippen molar-refractivity contribution in [2.45, 2.75) is 13.8 Å². The number of halogens is 1. The lowest BCUT2D eigenvalue weighted by molar-refractivity contribution is -0.125. The highest BCUT2D eigenvalue weighted by Gasteiger charge is 2.24. The van der Waals surface area contributed by atoms with Crippen molar-refractivity contribution in [2.24, 2.45) is 0 Å². The minimum absolute atomic E-state index is 0.0637. The van der Waals surface area contributed by atoms with Gasteiger partial charge in [-0.2, -0.15) is 0 Å². The molecule has 1 N–H and O–H groups in total. The minimum Gasteiger partial charge on any atom is -0.488 e. The van der Waals surface area contributed by atoms with Gasteiger partial charge in [-0.1, -0.05) is 24.2 Å². The molecular weight excluding hydrogens is 450 g/mol. The summed E-state index contributed by atoms with van der Waals surface area (Å²) in [5.41, 5.74) is 6.63. The molecule has 0 unspecified atom stereocenters. The van der Waals surface area contributed by atoms with Gasteiger partial charge in [0.15, 0.2) is 5.75 Å². The van der Waals surface area contributed by atoms with E-state index in [4.69, 9.17) is 21.3 Å². The maximum atomic E-state index is 12.1. The van der Waals surface area contributed by atoms with Crippen LogP contribution in [0.15, 0.2) is 49.4 Å². The van der Waals surface area contributed by atoms with Crippen LogP contribution in [-0.2, 0) is 4.79 Å². The SMILES string of the molecule is C=CC(=O)N(CC)CCN1CCOc2cnc3cc(-c4c(C)ccc5[nH]cnc45)c(Cl)cc3c21. The molecule has 0 saturated carbocycles. The third-order valence-corrected chi connectivity index (χ3v) is 6.72. The molecule has 0 saturated heterocycles. The minimum atomic E-state index is -0.0637. The Kier molecular flexibility index (Phi) is 5.87. The maximum absolute atomic E-state index is 12.1. The van der Waals surface area contributed by atoms with Gasteiger partial charge >= 0.3 is 0 Å². The number of likely N-dealkylation sites (N-methyl/N-ethyl adjacent to an activating group) is 1. The number of nitrogens with one attached hydrogen (secondary N) is 1. The fourth-order valence-electron chi connectivity index (χ4n) is 4.65. The predicted molar refractivity (Wildman–Crippen MR) is 137 cm³/mol. The summed E-state index contributed by atoms with van der Waals surface area (Å²) in [6.45, 7) is 10.8. The van der Waals surface area contributed by atoms with Crippen LogP contribution < -0.4 is 9.64 Å². The average molecular weight is 476 g/mol. The van der Waals surface area contributed by atoms with E-state index in [-0.39, 0.29) is 5.91 Å². The van der Waals surface area contributed by atoms with Gasteiger partial charge in [0.25, 0.3) is 0 Å². The summed E-state index contributed by atoms with van der Waals surface area (Å²) in [4.78, 5) is 28.5. The number of hydrogen-bond acceptors (Lipinski definition) is 5. The molecule has 5 rings (SSSR count). The largest absolute Gasteiger partial charge is 0.488 e. The second-order valence-corrected chi connectivity index (χ2v) is 8.74. The predicted octanol–water partition coefficient (Wildman–Crippen LogP) is 4.97. The summed E-state index contributed by atoms with van der Waals surface area (Å²) in [7, 11) is 0. The van der Waals surface area contributed by atoms with Crippen molar-refractivity contribution in [3.8, 4) is 16.9 Å². The summed E-state index contributed by atoms with van der Waals surface area (Å²) >= 11 is 6.89. The lowest BCUT2D eigenvalue weighted by atomic mass is 9.97. The van der Waals surface area contributed by atoms with E-state index in [0.29, 0.717) is 31.3 Å². The smallest absolute Gasteiger partial charge is 0.246 e. The molecule has 4 aromatic rings. The van der Waals surface area contributed by atoms with Gasteiger partial charge in [0.1, 0.15) is 6.61 Å². The average Bonchev–Trinajstić information content (AvgIpc) is 3.32. The molecule has 3 heterocycles. The molecule has 0 radical (unpaired) electrons. The van der Waals surface area contributed by atoms with E-state index >= 15 is 0 Å². The number of aromatic nitrogens is 3. The standard InChI is InChI=1S/C26H26ClN5O2/c1-4-23(33)31(5-2)8-9-32-10-11-34-22-14-28-21-13-17(19(27)12-18(21)26(22)32)24-16(3)6-7-20-25(24)30-15-29-20/h4,6-7,12-15H,1,5,8-11H2,2-3H3,(H,29,30). The Hall–Kier alpha value is -3.58. The molecule has 1 aliphatic heterocycles. The van der Waals surface area contributed by atoms with Crippen LogP contribution in [0.2, 0.25) is 5.02 Å². The van der Waals surface area contributed by atoms with Crippen molar-refractivity contribution < 1.29 is 9.53 Å². The number of H-pyrrole nitrogens is 1. The number of amides is 1. The lowest BCUT2D eigenvalue weighted by Gasteiger charge is -2.33. The van der Waals surface area contributed by atoms with Crippen LogP contribution in [0.25, 0.3) is 33.1 Å². The number of carbonyl (C=O) groups is 1. The highest BCUT2D eigenvalue weighted by Crippen LogP contribution is 2.42. The van der Waals surface area contributed by atoms with Gasteiger partial charge in [0.2, 0.25) is 5.91 Å². The van der Waals surface area contributed by atoms with Crippen LogP contribution >= 0.6 is 11.6 Å². The molecule has 0 bridgehead atoms. The molecule has 2 aromatic carbocycles. The number of aromatic amines is 1. The van der Waals surface area contributed by atoms with Crippen molar-refractivity contribution in [3.05, 3.63) is 60.0 Å². The van der Waals surface area contributed by atoms with Crippen LogP contribution in [0.4, 0.5) is 5.69 Å². The Bertz CT molecular complexity index is 1410. The Morgan fingerprint density at radius 2 is 2.21 bits per heavy atom. The number of anilines is 1. The highest BCUT2D eigenvalue weighted by atomic mass is 35.5. The summed E-state index contributed by atoms with van der Waals surface area (Å²) < 4.78 is 5.93. The van der Waals surface area contributed by atoms with E-state index in [1.807, 2.05) is 25.1 Å². The van der Waals surface area contributed by atoms with Crippen molar-refractivity contribution in [3.63, 3.8) is 0 Å². The topological polar surface area (TPSA) is 74.3 Å². The summed E-state index contributed by atoms with van der Waals surface area (Å²) in [5.74, 6) is 0.664. The normalized spacial score (nSPS) is 13.1. The van der Waals surface area contributed by atoms with Crippen LogP contribution in [0.3, 0.4) is 0 Å². The zero-order valence-corrected chi connectivity index (χ0v) is 20.0. The number of ether oxygens (including phenoxy) is 1. The summed E-state index contributed by atoms with van der Waals surface area (Å²) in [5, 5.41) is 1.56. The van der Waals surface area contributed by atoms with E-state index in [1.165, 1.54) is 6.08 Å². The summed E-state index contributed by atoms with van der Waals surface area (Å²) in [6.07, 6.45) is 4.83. The molecule has 0 spiro atoms. The number of aryl methyl sites for hydroxylation is 1.